The van der Waals surface area contributed by atoms with Crippen LogP contribution in [0.1, 0.15) is 18.7 Å². The molecule has 7 nitrogen and oxygen atoms in total. The number of thioether (sulfide) groups is 1. The fraction of sp³-hybridized carbons (Fsp3) is 0.471. The summed E-state index contributed by atoms with van der Waals surface area (Å²) < 4.78 is 12.8. The number of amides is 1. The fourth-order valence-corrected chi connectivity index (χ4v) is 3.47. The summed E-state index contributed by atoms with van der Waals surface area (Å²) in [6.45, 7) is 3.48. The van der Waals surface area contributed by atoms with Crippen molar-refractivity contribution in [3.05, 3.63) is 30.1 Å². The van der Waals surface area contributed by atoms with Gasteiger partial charge >= 0.3 is 0 Å². The van der Waals surface area contributed by atoms with E-state index in [4.69, 9.17) is 9.47 Å². The normalized spacial score (nSPS) is 16.8. The highest BCUT2D eigenvalue weighted by molar-refractivity contribution is 7.99. The van der Waals surface area contributed by atoms with Crippen LogP contribution in [-0.4, -0.2) is 46.2 Å². The number of anilines is 1. The first-order valence-corrected chi connectivity index (χ1v) is 9.22. The van der Waals surface area contributed by atoms with Crippen molar-refractivity contribution in [3.8, 4) is 5.75 Å². The van der Waals surface area contributed by atoms with E-state index in [1.54, 1.807) is 7.11 Å². The average Bonchev–Trinajstić information content (AvgIpc) is 3.25. The number of aromatic nitrogens is 3. The molecule has 1 unspecified atom stereocenters. The first-order valence-electron chi connectivity index (χ1n) is 8.24. The number of aryl methyl sites for hydroxylation is 1. The van der Waals surface area contributed by atoms with Gasteiger partial charge in [-0.05, 0) is 44.0 Å². The zero-order valence-corrected chi connectivity index (χ0v) is 15.2. The summed E-state index contributed by atoms with van der Waals surface area (Å²) in [5, 5.41) is 11.9. The molecule has 25 heavy (non-hydrogen) atoms. The molecule has 0 bridgehead atoms. The van der Waals surface area contributed by atoms with Crippen molar-refractivity contribution in [2.75, 3.05) is 24.8 Å². The standard InChI is InChI=1S/C17H22N4O3S/c1-12-19-20-17(21(12)10-15-4-3-9-24-15)25-11-16(22)18-13-5-7-14(23-2)8-6-13/h5-8,15H,3-4,9-11H2,1-2H3,(H,18,22). The molecule has 1 aliphatic rings. The molecule has 1 aromatic carbocycles. The molecule has 1 N–H and O–H groups in total. The largest absolute Gasteiger partial charge is 0.497 e. The maximum atomic E-state index is 12.2. The summed E-state index contributed by atoms with van der Waals surface area (Å²) in [5.41, 5.74) is 0.739. The predicted octanol–water partition coefficient (Wildman–Crippen LogP) is 2.50. The molecule has 1 aliphatic heterocycles. The van der Waals surface area contributed by atoms with Crippen molar-refractivity contribution in [3.63, 3.8) is 0 Å². The Morgan fingerprint density at radius 1 is 1.40 bits per heavy atom. The molecular weight excluding hydrogens is 340 g/mol. The van der Waals surface area contributed by atoms with Gasteiger partial charge in [-0.2, -0.15) is 0 Å². The van der Waals surface area contributed by atoms with Crippen molar-refractivity contribution in [2.45, 2.75) is 37.6 Å². The van der Waals surface area contributed by atoms with Crippen molar-refractivity contribution in [1.82, 2.24) is 14.8 Å². The topological polar surface area (TPSA) is 78.3 Å². The number of nitrogens with zero attached hydrogens (tertiary/aromatic N) is 3. The van der Waals surface area contributed by atoms with Gasteiger partial charge in [-0.15, -0.1) is 10.2 Å². The minimum Gasteiger partial charge on any atom is -0.497 e. The molecule has 0 radical (unpaired) electrons. The molecule has 0 aliphatic carbocycles. The highest BCUT2D eigenvalue weighted by atomic mass is 32.2. The van der Waals surface area contributed by atoms with Gasteiger partial charge in [0.05, 0.1) is 25.5 Å². The van der Waals surface area contributed by atoms with E-state index in [2.05, 4.69) is 15.5 Å². The highest BCUT2D eigenvalue weighted by Gasteiger charge is 2.20. The third-order valence-electron chi connectivity index (χ3n) is 4.02. The second-order valence-electron chi connectivity index (χ2n) is 5.84. The third-order valence-corrected chi connectivity index (χ3v) is 4.98. The van der Waals surface area contributed by atoms with Gasteiger partial charge in [-0.3, -0.25) is 4.79 Å². The Balaban J connectivity index is 1.54. The Kier molecular flexibility index (Phi) is 5.93. The smallest absolute Gasteiger partial charge is 0.234 e. The molecule has 1 fully saturated rings. The molecule has 134 valence electrons. The summed E-state index contributed by atoms with van der Waals surface area (Å²) in [6, 6.07) is 7.24. The number of methoxy groups -OCH3 is 1. The van der Waals surface area contributed by atoms with E-state index in [9.17, 15) is 4.79 Å². The first-order chi connectivity index (χ1) is 12.2. The molecule has 1 saturated heterocycles. The van der Waals surface area contributed by atoms with Gasteiger partial charge < -0.3 is 19.4 Å². The van der Waals surface area contributed by atoms with Gasteiger partial charge in [0.15, 0.2) is 5.16 Å². The van der Waals surface area contributed by atoms with E-state index in [0.29, 0.717) is 0 Å². The van der Waals surface area contributed by atoms with E-state index in [1.165, 1.54) is 11.8 Å². The van der Waals surface area contributed by atoms with Gasteiger partial charge in [-0.25, -0.2) is 0 Å². The number of nitrogens with one attached hydrogen (secondary N) is 1. The van der Waals surface area contributed by atoms with Crippen molar-refractivity contribution in [1.29, 1.82) is 0 Å². The zero-order chi connectivity index (χ0) is 17.6. The van der Waals surface area contributed by atoms with Gasteiger partial charge in [0.1, 0.15) is 11.6 Å². The van der Waals surface area contributed by atoms with Crippen molar-refractivity contribution >= 4 is 23.4 Å². The second kappa shape index (κ2) is 8.35. The Bertz CT molecular complexity index is 711. The Morgan fingerprint density at radius 2 is 2.20 bits per heavy atom. The van der Waals surface area contributed by atoms with Crippen LogP contribution in [0.5, 0.6) is 5.75 Å². The van der Waals surface area contributed by atoms with Crippen LogP contribution in [0.3, 0.4) is 0 Å². The van der Waals surface area contributed by atoms with Crippen LogP contribution in [0.25, 0.3) is 0 Å². The molecular formula is C17H22N4O3S. The van der Waals surface area contributed by atoms with E-state index in [1.807, 2.05) is 35.8 Å². The number of carbonyl (C=O) groups excluding carboxylic acids is 1. The number of ether oxygens (including phenoxy) is 2. The molecule has 3 rings (SSSR count). The average molecular weight is 362 g/mol. The molecule has 0 saturated carbocycles. The Morgan fingerprint density at radius 3 is 2.88 bits per heavy atom. The maximum Gasteiger partial charge on any atom is 0.234 e. The maximum absolute atomic E-state index is 12.2. The third kappa shape index (κ3) is 4.73. The molecule has 1 amide bonds. The minimum absolute atomic E-state index is 0.0838. The van der Waals surface area contributed by atoms with E-state index in [0.717, 1.165) is 48.4 Å². The quantitative estimate of drug-likeness (QED) is 0.763. The lowest BCUT2D eigenvalue weighted by atomic mass is 10.2. The first kappa shape index (κ1) is 17.8. The van der Waals surface area contributed by atoms with Gasteiger partial charge in [0.25, 0.3) is 0 Å². The lowest BCUT2D eigenvalue weighted by Gasteiger charge is -2.13. The number of hydrogen-bond donors (Lipinski definition) is 1. The molecule has 2 aromatic rings. The van der Waals surface area contributed by atoms with Crippen LogP contribution in [0, 0.1) is 6.92 Å². The summed E-state index contributed by atoms with van der Waals surface area (Å²) >= 11 is 1.38. The number of benzene rings is 1. The van der Waals surface area contributed by atoms with E-state index >= 15 is 0 Å². The highest BCUT2D eigenvalue weighted by Crippen LogP contribution is 2.21. The Hall–Kier alpha value is -2.06. The fourth-order valence-electron chi connectivity index (χ4n) is 2.67. The van der Waals surface area contributed by atoms with Crippen LogP contribution in [-0.2, 0) is 16.1 Å². The van der Waals surface area contributed by atoms with Crippen molar-refractivity contribution < 1.29 is 14.3 Å². The molecule has 0 spiro atoms. The number of rotatable bonds is 7. The minimum atomic E-state index is -0.0838. The van der Waals surface area contributed by atoms with Crippen LogP contribution < -0.4 is 10.1 Å². The van der Waals surface area contributed by atoms with Crippen LogP contribution in [0.4, 0.5) is 5.69 Å². The summed E-state index contributed by atoms with van der Waals surface area (Å²) in [6.07, 6.45) is 2.36. The van der Waals surface area contributed by atoms with Gasteiger partial charge in [0, 0.05) is 12.3 Å². The summed E-state index contributed by atoms with van der Waals surface area (Å²) in [5.74, 6) is 1.79. The molecule has 8 heteroatoms. The predicted molar refractivity (Wildman–Crippen MR) is 96.1 cm³/mol. The number of carbonyl (C=O) groups is 1. The zero-order valence-electron chi connectivity index (χ0n) is 14.4. The van der Waals surface area contributed by atoms with Gasteiger partial charge in [-0.1, -0.05) is 11.8 Å². The summed E-state index contributed by atoms with van der Waals surface area (Å²) in [4.78, 5) is 12.2. The number of hydrogen-bond acceptors (Lipinski definition) is 6. The second-order valence-corrected chi connectivity index (χ2v) is 6.78. The van der Waals surface area contributed by atoms with Crippen LogP contribution in [0.15, 0.2) is 29.4 Å². The lowest BCUT2D eigenvalue weighted by Crippen LogP contribution is -2.18. The van der Waals surface area contributed by atoms with E-state index < -0.39 is 0 Å². The van der Waals surface area contributed by atoms with E-state index in [-0.39, 0.29) is 17.8 Å². The lowest BCUT2D eigenvalue weighted by molar-refractivity contribution is -0.113. The van der Waals surface area contributed by atoms with Crippen LogP contribution in [0.2, 0.25) is 0 Å². The van der Waals surface area contributed by atoms with Crippen LogP contribution >= 0.6 is 11.8 Å². The summed E-state index contributed by atoms with van der Waals surface area (Å²) in [7, 11) is 1.61. The molecule has 1 aromatic heterocycles. The Labute approximate surface area is 151 Å². The van der Waals surface area contributed by atoms with Crippen molar-refractivity contribution in [2.24, 2.45) is 0 Å². The van der Waals surface area contributed by atoms with Gasteiger partial charge in [0.2, 0.25) is 5.91 Å². The molecule has 2 heterocycles. The monoisotopic (exact) mass is 362 g/mol. The molecule has 1 atom stereocenters. The SMILES string of the molecule is COc1ccc(NC(=O)CSc2nnc(C)n2CC2CCCO2)cc1.